The molecule has 36 heavy (non-hydrogen) atoms. The molecule has 7 nitrogen and oxygen atoms in total. The van der Waals surface area contributed by atoms with Gasteiger partial charge in [-0.25, -0.2) is 4.79 Å². The van der Waals surface area contributed by atoms with Crippen LogP contribution in [0.3, 0.4) is 0 Å². The summed E-state index contributed by atoms with van der Waals surface area (Å²) in [5.41, 5.74) is -1.25. The molecule has 0 bridgehead atoms. The summed E-state index contributed by atoms with van der Waals surface area (Å²) in [6.07, 6.45) is -2.32. The van der Waals surface area contributed by atoms with Gasteiger partial charge in [0.25, 0.3) is 5.91 Å². The van der Waals surface area contributed by atoms with Gasteiger partial charge in [0.2, 0.25) is 0 Å². The molecule has 4 atom stereocenters. The number of carboxylic acids is 1. The van der Waals surface area contributed by atoms with Gasteiger partial charge in [-0.2, -0.15) is 0 Å². The molecule has 0 spiro atoms. The Balaban J connectivity index is 2.36. The summed E-state index contributed by atoms with van der Waals surface area (Å²) in [6.45, 7) is 7.10. The highest BCUT2D eigenvalue weighted by atomic mass is 35.5. The Morgan fingerprint density at radius 1 is 1.06 bits per heavy atom. The van der Waals surface area contributed by atoms with Gasteiger partial charge >= 0.3 is 11.9 Å². The van der Waals surface area contributed by atoms with Crippen molar-refractivity contribution in [2.75, 3.05) is 7.11 Å². The van der Waals surface area contributed by atoms with E-state index in [0.29, 0.717) is 21.2 Å². The first-order valence-electron chi connectivity index (χ1n) is 11.7. The van der Waals surface area contributed by atoms with Crippen LogP contribution in [0.5, 0.6) is 0 Å². The van der Waals surface area contributed by atoms with Crippen LogP contribution in [0.4, 0.5) is 0 Å². The number of benzene rings is 2. The van der Waals surface area contributed by atoms with Gasteiger partial charge in [-0.15, -0.1) is 0 Å². The van der Waals surface area contributed by atoms with Crippen molar-refractivity contribution >= 4 is 41.0 Å². The molecule has 0 aromatic heterocycles. The molecule has 1 N–H and O–H groups in total. The quantitative estimate of drug-likeness (QED) is 0.447. The summed E-state index contributed by atoms with van der Waals surface area (Å²) in [7, 11) is 1.22. The second kappa shape index (κ2) is 10.8. The Bertz CT molecular complexity index is 1130. The molecule has 0 radical (unpaired) electrons. The third kappa shape index (κ3) is 5.10. The Morgan fingerprint density at radius 3 is 2.19 bits per heavy atom. The zero-order chi connectivity index (χ0) is 26.8. The molecule has 2 aromatic carbocycles. The number of hydrogen-bond acceptors (Lipinski definition) is 5. The summed E-state index contributed by atoms with van der Waals surface area (Å²) in [4.78, 5) is 40.8. The first kappa shape index (κ1) is 28.0. The number of carbonyl (C=O) groups is 3. The van der Waals surface area contributed by atoms with Gasteiger partial charge in [-0.1, -0.05) is 75.2 Å². The number of methoxy groups -OCH3 is 1. The van der Waals surface area contributed by atoms with Crippen LogP contribution in [-0.2, 0) is 23.9 Å². The monoisotopic (exact) mass is 535 g/mol. The number of esters is 1. The maximum atomic E-state index is 14.1. The van der Waals surface area contributed by atoms with Crippen molar-refractivity contribution in [2.45, 2.75) is 64.3 Å². The maximum absolute atomic E-state index is 14.1. The minimum Gasteiger partial charge on any atom is -0.479 e. The highest BCUT2D eigenvalue weighted by Crippen LogP contribution is 2.51. The Kier molecular flexibility index (Phi) is 8.38. The largest absolute Gasteiger partial charge is 0.479 e. The van der Waals surface area contributed by atoms with Crippen molar-refractivity contribution in [1.29, 1.82) is 0 Å². The summed E-state index contributed by atoms with van der Waals surface area (Å²) >= 11 is 12.5. The third-order valence-corrected chi connectivity index (χ3v) is 7.36. The van der Waals surface area contributed by atoms with E-state index in [0.717, 1.165) is 0 Å². The molecule has 1 fully saturated rings. The van der Waals surface area contributed by atoms with E-state index in [4.69, 9.17) is 32.7 Å². The Labute approximate surface area is 221 Å². The van der Waals surface area contributed by atoms with Crippen molar-refractivity contribution in [3.63, 3.8) is 0 Å². The second-order valence-electron chi connectivity index (χ2n) is 9.85. The molecule has 194 valence electrons. The third-order valence-electron chi connectivity index (χ3n) is 6.87. The highest BCUT2D eigenvalue weighted by molar-refractivity contribution is 6.30. The van der Waals surface area contributed by atoms with Gasteiger partial charge in [0.15, 0.2) is 0 Å². The number of hydrogen-bond donors (Lipinski definition) is 1. The van der Waals surface area contributed by atoms with Gasteiger partial charge < -0.3 is 19.5 Å². The molecule has 3 rings (SSSR count). The number of amides is 1. The zero-order valence-corrected chi connectivity index (χ0v) is 22.5. The predicted molar refractivity (Wildman–Crippen MR) is 137 cm³/mol. The van der Waals surface area contributed by atoms with Crippen LogP contribution in [-0.4, -0.2) is 46.6 Å². The number of rotatable bonds is 7. The minimum absolute atomic E-state index is 0.120. The van der Waals surface area contributed by atoms with Crippen molar-refractivity contribution in [3.8, 4) is 0 Å². The van der Waals surface area contributed by atoms with E-state index in [1.807, 2.05) is 0 Å². The smallest absolute Gasteiger partial charge is 0.330 e. The fourth-order valence-corrected chi connectivity index (χ4v) is 5.42. The van der Waals surface area contributed by atoms with Gasteiger partial charge in [0.1, 0.15) is 17.7 Å². The number of ether oxygens (including phenoxy) is 2. The normalized spacial score (nSPS) is 22.1. The number of carbonyl (C=O) groups excluding carboxylic acids is 2. The Morgan fingerprint density at radius 2 is 1.69 bits per heavy atom. The molecule has 1 saturated heterocycles. The SMILES string of the molecule is CCC(C(=O)O)(N1C(=O)[C@H](CC(=O)OC)O[C@H](c2cccc(Cl)c2)[C@H]1c1ccc(Cl)cc1)C(C)(C)C. The molecule has 0 saturated carbocycles. The molecular weight excluding hydrogens is 505 g/mol. The average Bonchev–Trinajstić information content (AvgIpc) is 2.81. The van der Waals surface area contributed by atoms with Crippen LogP contribution in [0.25, 0.3) is 0 Å². The van der Waals surface area contributed by atoms with Crippen molar-refractivity contribution in [2.24, 2.45) is 5.41 Å². The lowest BCUT2D eigenvalue weighted by Crippen LogP contribution is -2.69. The van der Waals surface area contributed by atoms with E-state index in [1.165, 1.54) is 12.0 Å². The lowest BCUT2D eigenvalue weighted by atomic mass is 9.68. The molecule has 2 aromatic rings. The second-order valence-corrected chi connectivity index (χ2v) is 10.7. The van der Waals surface area contributed by atoms with Crippen molar-refractivity contribution in [1.82, 2.24) is 4.90 Å². The van der Waals surface area contributed by atoms with Crippen LogP contribution < -0.4 is 0 Å². The fraction of sp³-hybridized carbons (Fsp3) is 0.444. The molecule has 1 heterocycles. The predicted octanol–water partition coefficient (Wildman–Crippen LogP) is 5.85. The van der Waals surface area contributed by atoms with Crippen LogP contribution in [0, 0.1) is 5.41 Å². The van der Waals surface area contributed by atoms with Crippen LogP contribution >= 0.6 is 23.2 Å². The molecule has 1 aliphatic rings. The van der Waals surface area contributed by atoms with E-state index in [-0.39, 0.29) is 12.8 Å². The maximum Gasteiger partial charge on any atom is 0.330 e. The average molecular weight is 536 g/mol. The lowest BCUT2D eigenvalue weighted by molar-refractivity contribution is -0.207. The van der Waals surface area contributed by atoms with Crippen molar-refractivity contribution in [3.05, 3.63) is 69.7 Å². The van der Waals surface area contributed by atoms with E-state index in [2.05, 4.69) is 0 Å². The number of nitrogens with zero attached hydrogens (tertiary/aromatic N) is 1. The molecular formula is C27H31Cl2NO6. The van der Waals surface area contributed by atoms with Gasteiger partial charge in [-0.3, -0.25) is 9.59 Å². The molecule has 1 unspecified atom stereocenters. The summed E-state index contributed by atoms with van der Waals surface area (Å²) in [5, 5.41) is 11.6. The van der Waals surface area contributed by atoms with Crippen LogP contribution in [0.1, 0.15) is 63.8 Å². The van der Waals surface area contributed by atoms with E-state index in [1.54, 1.807) is 76.2 Å². The van der Waals surface area contributed by atoms with E-state index < -0.39 is 47.0 Å². The minimum atomic E-state index is -1.64. The van der Waals surface area contributed by atoms with Crippen LogP contribution in [0.2, 0.25) is 10.0 Å². The summed E-state index contributed by atoms with van der Waals surface area (Å²) in [5.74, 6) is -2.39. The van der Waals surface area contributed by atoms with Crippen molar-refractivity contribution < 1.29 is 29.0 Å². The van der Waals surface area contributed by atoms with Crippen LogP contribution in [0.15, 0.2) is 48.5 Å². The fourth-order valence-electron chi connectivity index (χ4n) is 5.10. The molecule has 0 aliphatic carbocycles. The van der Waals surface area contributed by atoms with Gasteiger partial charge in [-0.05, 0) is 47.2 Å². The Hall–Kier alpha value is -2.61. The molecule has 1 amide bonds. The first-order chi connectivity index (χ1) is 16.9. The van der Waals surface area contributed by atoms with Gasteiger partial charge in [0, 0.05) is 10.0 Å². The van der Waals surface area contributed by atoms with Gasteiger partial charge in [0.05, 0.1) is 19.6 Å². The van der Waals surface area contributed by atoms with E-state index >= 15 is 0 Å². The molecule has 1 aliphatic heterocycles. The first-order valence-corrected chi connectivity index (χ1v) is 12.4. The summed E-state index contributed by atoms with van der Waals surface area (Å²) in [6, 6.07) is 13.0. The topological polar surface area (TPSA) is 93.1 Å². The zero-order valence-electron chi connectivity index (χ0n) is 21.0. The number of carboxylic acid groups (broad SMARTS) is 1. The standard InChI is InChI=1S/C27H31Cl2NO6/c1-6-27(25(33)34,26(2,3)4)30-22(16-10-12-18(28)13-11-16)23(17-8-7-9-19(29)14-17)36-20(24(30)32)15-21(31)35-5/h7-14,20,22-23H,6,15H2,1-5H3,(H,33,34)/t20-,22+,23+,27?/m0/s1. The number of morpholine rings is 1. The number of halogens is 2. The highest BCUT2D eigenvalue weighted by Gasteiger charge is 2.60. The number of aliphatic carboxylic acids is 1. The lowest BCUT2D eigenvalue weighted by Gasteiger charge is -2.56. The molecule has 9 heteroatoms. The summed E-state index contributed by atoms with van der Waals surface area (Å²) < 4.78 is 11.1. The van der Waals surface area contributed by atoms with E-state index in [9.17, 15) is 19.5 Å².